The first-order valence-electron chi connectivity index (χ1n) is 16.8. The molecule has 2 atom stereocenters. The van der Waals surface area contributed by atoms with E-state index < -0.39 is 44.0 Å². The topological polar surface area (TPSA) is 177 Å². The summed E-state index contributed by atoms with van der Waals surface area (Å²) in [7, 11) is -5.05. The molecule has 0 bridgehead atoms. The van der Waals surface area contributed by atoms with Crippen LogP contribution in [-0.4, -0.2) is 111 Å². The summed E-state index contributed by atoms with van der Waals surface area (Å²) in [4.78, 5) is 31.5. The first-order chi connectivity index (χ1) is 22.9. The van der Waals surface area contributed by atoms with Crippen LogP contribution < -0.4 is 10.1 Å². The summed E-state index contributed by atoms with van der Waals surface area (Å²) in [5.41, 5.74) is 0.607. The zero-order chi connectivity index (χ0) is 36.9. The van der Waals surface area contributed by atoms with E-state index in [2.05, 4.69) is 10.1 Å². The highest BCUT2D eigenvalue weighted by molar-refractivity contribution is 7.89. The minimum atomic E-state index is -4.05. The maximum Gasteiger partial charge on any atom is 0.253 e. The third-order valence-electron chi connectivity index (χ3n) is 7.65. The van der Waals surface area contributed by atoms with Gasteiger partial charge in [0.1, 0.15) is 5.75 Å². The Morgan fingerprint density at radius 3 is 1.98 bits per heavy atom. The van der Waals surface area contributed by atoms with Crippen LogP contribution in [0, 0.1) is 5.92 Å². The van der Waals surface area contributed by atoms with E-state index in [4.69, 9.17) is 0 Å². The molecule has 2 aromatic carbocycles. The van der Waals surface area contributed by atoms with Gasteiger partial charge in [0.05, 0.1) is 22.8 Å². The number of nitrogens with zero attached hydrogens (tertiary/aromatic N) is 3. The number of nitrogens with one attached hydrogen (secondary N) is 2. The number of benzene rings is 2. The van der Waals surface area contributed by atoms with E-state index in [0.29, 0.717) is 44.5 Å². The maximum absolute atomic E-state index is 13.9. The summed E-state index contributed by atoms with van der Waals surface area (Å²) in [6, 6.07) is 9.05. The van der Waals surface area contributed by atoms with Gasteiger partial charge in [-0.25, -0.2) is 26.1 Å². The van der Waals surface area contributed by atoms with Crippen molar-refractivity contribution >= 4 is 31.9 Å². The molecule has 0 aliphatic heterocycles. The zero-order valence-electron chi connectivity index (χ0n) is 29.8. The average molecular weight is 726 g/mol. The van der Waals surface area contributed by atoms with Crippen LogP contribution in [0.5, 0.6) is 5.75 Å². The van der Waals surface area contributed by atoms with Crippen LogP contribution in [0.2, 0.25) is 0 Å². The number of hydrogen-bond acceptors (Lipinski definition) is 9. The van der Waals surface area contributed by atoms with Crippen molar-refractivity contribution in [1.82, 2.24) is 24.4 Å². The summed E-state index contributed by atoms with van der Waals surface area (Å²) >= 11 is 0. The van der Waals surface area contributed by atoms with Crippen molar-refractivity contribution in [3.63, 3.8) is 0 Å². The highest BCUT2D eigenvalue weighted by Crippen LogP contribution is 2.21. The number of aliphatic hydroxyl groups excluding tert-OH is 1. The summed E-state index contributed by atoms with van der Waals surface area (Å²) in [6.07, 6.45) is 1.59. The molecule has 13 nitrogen and oxygen atoms in total. The highest BCUT2D eigenvalue weighted by atomic mass is 32.2. The lowest BCUT2D eigenvalue weighted by atomic mass is 9.99. The molecule has 2 unspecified atom stereocenters. The molecule has 0 aromatic heterocycles. The van der Waals surface area contributed by atoms with Crippen molar-refractivity contribution in [1.29, 1.82) is 0 Å². The standard InChI is InChI=1S/C34H55N5O8S2/c1-8-11-18-39(36-48(44,45)24-25(4)5)23-32(41)31(19-26-12-14-29(40)15-13-26)35-33(42)27-20-28(34(43)38(16-9-2)17-10-3)22-30(21-27)49(46,47)37(6)7/h12-15,20-22,25,31-32,36,40-41H,8-11,16-19,23-24H2,1-7H3,(H,35,42). The van der Waals surface area contributed by atoms with Crippen LogP contribution >= 0.6 is 0 Å². The molecule has 2 aromatic rings. The van der Waals surface area contributed by atoms with Crippen molar-refractivity contribution in [3.05, 3.63) is 59.2 Å². The van der Waals surface area contributed by atoms with E-state index in [1.165, 1.54) is 49.4 Å². The van der Waals surface area contributed by atoms with Gasteiger partial charge in [0.15, 0.2) is 0 Å². The Hall–Kier alpha value is -3.08. The Morgan fingerprint density at radius 2 is 1.45 bits per heavy atom. The number of sulfonamides is 2. The van der Waals surface area contributed by atoms with Gasteiger partial charge in [-0.15, -0.1) is 4.83 Å². The van der Waals surface area contributed by atoms with Gasteiger partial charge in [-0.05, 0) is 67.5 Å². The van der Waals surface area contributed by atoms with Crippen LogP contribution in [0.15, 0.2) is 47.4 Å². The third kappa shape index (κ3) is 13.3. The number of phenolic OH excluding ortho intramolecular Hbond substituents is 1. The molecule has 49 heavy (non-hydrogen) atoms. The first kappa shape index (κ1) is 42.1. The van der Waals surface area contributed by atoms with Crippen molar-refractivity contribution in [2.45, 2.75) is 83.8 Å². The van der Waals surface area contributed by atoms with Gasteiger partial charge in [-0.2, -0.15) is 0 Å². The summed E-state index contributed by atoms with van der Waals surface area (Å²) in [6.45, 7) is 10.4. The minimum Gasteiger partial charge on any atom is -0.508 e. The fourth-order valence-electron chi connectivity index (χ4n) is 5.22. The Labute approximate surface area is 292 Å². The van der Waals surface area contributed by atoms with Crippen molar-refractivity contribution < 1.29 is 36.6 Å². The van der Waals surface area contributed by atoms with E-state index in [1.54, 1.807) is 30.9 Å². The molecule has 276 valence electrons. The monoisotopic (exact) mass is 725 g/mol. The Morgan fingerprint density at radius 1 is 0.857 bits per heavy atom. The average Bonchev–Trinajstić information content (AvgIpc) is 3.02. The van der Waals surface area contributed by atoms with E-state index in [1.807, 2.05) is 20.8 Å². The van der Waals surface area contributed by atoms with Crippen LogP contribution in [0.1, 0.15) is 86.6 Å². The Balaban J connectivity index is 2.57. The van der Waals surface area contributed by atoms with E-state index in [-0.39, 0.29) is 46.4 Å². The van der Waals surface area contributed by atoms with Gasteiger partial charge in [-0.1, -0.05) is 53.2 Å². The summed E-state index contributed by atoms with van der Waals surface area (Å²) < 4.78 is 53.1. The molecule has 0 saturated heterocycles. The van der Waals surface area contributed by atoms with E-state index in [0.717, 1.165) is 10.7 Å². The molecule has 0 aliphatic carbocycles. The lowest BCUT2D eigenvalue weighted by Crippen LogP contribution is -2.54. The van der Waals surface area contributed by atoms with Gasteiger partial charge in [0.2, 0.25) is 20.0 Å². The number of rotatable bonds is 21. The predicted molar refractivity (Wildman–Crippen MR) is 191 cm³/mol. The van der Waals surface area contributed by atoms with Gasteiger partial charge in [-0.3, -0.25) is 9.59 Å². The van der Waals surface area contributed by atoms with Crippen molar-refractivity contribution in [2.75, 3.05) is 46.0 Å². The van der Waals surface area contributed by atoms with Crippen molar-refractivity contribution in [2.24, 2.45) is 5.92 Å². The number of carbonyl (C=O) groups excluding carboxylic acids is 2. The molecular weight excluding hydrogens is 671 g/mol. The number of hydrogen-bond donors (Lipinski definition) is 4. The molecule has 2 amide bonds. The van der Waals surface area contributed by atoms with Crippen molar-refractivity contribution in [3.8, 4) is 5.75 Å². The molecule has 4 N–H and O–H groups in total. The number of hydrazine groups is 1. The second-order valence-electron chi connectivity index (χ2n) is 12.9. The third-order valence-corrected chi connectivity index (χ3v) is 11.1. The molecule has 0 spiro atoms. The van der Waals surface area contributed by atoms with Crippen LogP contribution in [0.3, 0.4) is 0 Å². The first-order valence-corrected chi connectivity index (χ1v) is 19.9. The molecule has 2 rings (SSSR count). The van der Waals surface area contributed by atoms with Gasteiger partial charge in [0.25, 0.3) is 11.8 Å². The number of aromatic hydroxyl groups is 1. The molecule has 0 fully saturated rings. The van der Waals surface area contributed by atoms with Crippen LogP contribution in [-0.2, 0) is 26.5 Å². The fourth-order valence-corrected chi connectivity index (χ4v) is 7.71. The van der Waals surface area contributed by atoms with E-state index >= 15 is 0 Å². The fraction of sp³-hybridized carbons (Fsp3) is 0.588. The summed E-state index contributed by atoms with van der Waals surface area (Å²) in [5, 5.41) is 25.6. The molecule has 0 aliphatic rings. The molecular formula is C34H55N5O8S2. The molecule has 0 radical (unpaired) electrons. The second-order valence-corrected chi connectivity index (χ2v) is 16.8. The highest BCUT2D eigenvalue weighted by Gasteiger charge is 2.29. The predicted octanol–water partition coefficient (Wildman–Crippen LogP) is 3.20. The van der Waals surface area contributed by atoms with Gasteiger partial charge < -0.3 is 20.4 Å². The lowest BCUT2D eigenvalue weighted by Gasteiger charge is -2.30. The van der Waals surface area contributed by atoms with Gasteiger partial charge >= 0.3 is 0 Å². The molecule has 15 heteroatoms. The quantitative estimate of drug-likeness (QED) is 0.141. The number of carbonyl (C=O) groups is 2. The smallest absolute Gasteiger partial charge is 0.253 e. The van der Waals surface area contributed by atoms with Crippen LogP contribution in [0.25, 0.3) is 0 Å². The van der Waals surface area contributed by atoms with Crippen LogP contribution in [0.4, 0.5) is 0 Å². The molecule has 0 heterocycles. The normalized spacial score (nSPS) is 13.5. The second kappa shape index (κ2) is 19.3. The number of aliphatic hydroxyl groups is 1. The number of unbranched alkanes of at least 4 members (excludes halogenated alkanes) is 1. The largest absolute Gasteiger partial charge is 0.508 e. The molecule has 0 saturated carbocycles. The minimum absolute atomic E-state index is 0.0338. The van der Waals surface area contributed by atoms with E-state index in [9.17, 15) is 36.6 Å². The van der Waals surface area contributed by atoms with Gasteiger partial charge in [0, 0.05) is 51.4 Å². The Bertz CT molecular complexity index is 1580. The summed E-state index contributed by atoms with van der Waals surface area (Å²) in [5.74, 6) is -1.34. The lowest BCUT2D eigenvalue weighted by molar-refractivity contribution is 0.0614. The zero-order valence-corrected chi connectivity index (χ0v) is 31.5. The Kier molecular flexibility index (Phi) is 16.6. The maximum atomic E-state index is 13.9. The number of phenols is 1. The number of amides is 2. The SMILES string of the molecule is CCCCN(CC(O)C(Cc1ccc(O)cc1)NC(=O)c1cc(C(=O)N(CCC)CCC)cc(S(=O)(=O)N(C)C)c1)NS(=O)(=O)CC(C)C.